The van der Waals surface area contributed by atoms with Gasteiger partial charge in [0.25, 0.3) is 0 Å². The molecule has 1 unspecified atom stereocenters. The normalized spacial score (nSPS) is 27.2. The fourth-order valence-electron chi connectivity index (χ4n) is 3.33. The maximum Gasteiger partial charge on any atom is 0.0923 e. The molecule has 0 radical (unpaired) electrons. The standard InChI is InChI=1S/C15H30N2O/c1-14(2,3)12-6-8-17(9-7-12)11-15(18,10-16)13-4-5-13/h12-13,18H,4-11,16H2,1-3H3. The number of hydrogen-bond donors (Lipinski definition) is 2. The van der Waals surface area contributed by atoms with Crippen LogP contribution in [0.3, 0.4) is 0 Å². The Bertz CT molecular complexity index is 275. The molecule has 1 saturated carbocycles. The van der Waals surface area contributed by atoms with Crippen molar-refractivity contribution in [1.29, 1.82) is 0 Å². The van der Waals surface area contributed by atoms with Crippen LogP contribution >= 0.6 is 0 Å². The SMILES string of the molecule is CC(C)(C)C1CCN(CC(O)(CN)C2CC2)CC1. The molecule has 1 aliphatic heterocycles. The van der Waals surface area contributed by atoms with E-state index in [2.05, 4.69) is 25.7 Å². The van der Waals surface area contributed by atoms with Gasteiger partial charge in [0, 0.05) is 13.1 Å². The summed E-state index contributed by atoms with van der Waals surface area (Å²) in [7, 11) is 0. The van der Waals surface area contributed by atoms with Crippen LogP contribution in [0.5, 0.6) is 0 Å². The van der Waals surface area contributed by atoms with Crippen LogP contribution in [-0.2, 0) is 0 Å². The van der Waals surface area contributed by atoms with E-state index in [1.165, 1.54) is 12.8 Å². The monoisotopic (exact) mass is 254 g/mol. The zero-order valence-corrected chi connectivity index (χ0v) is 12.3. The van der Waals surface area contributed by atoms with Crippen LogP contribution in [-0.4, -0.2) is 41.8 Å². The molecule has 0 aromatic carbocycles. The summed E-state index contributed by atoms with van der Waals surface area (Å²) in [5.41, 5.74) is 5.59. The Morgan fingerprint density at radius 1 is 1.06 bits per heavy atom. The van der Waals surface area contributed by atoms with Gasteiger partial charge in [-0.1, -0.05) is 20.8 Å². The van der Waals surface area contributed by atoms with Crippen LogP contribution in [0, 0.1) is 17.3 Å². The third-order valence-electron chi connectivity index (χ3n) is 5.00. The molecule has 106 valence electrons. The molecule has 2 aliphatic rings. The summed E-state index contributed by atoms with van der Waals surface area (Å²) in [6.07, 6.45) is 4.84. The van der Waals surface area contributed by atoms with Gasteiger partial charge < -0.3 is 15.7 Å². The topological polar surface area (TPSA) is 49.5 Å². The van der Waals surface area contributed by atoms with Crippen molar-refractivity contribution in [1.82, 2.24) is 4.90 Å². The molecule has 18 heavy (non-hydrogen) atoms. The number of piperidine rings is 1. The highest BCUT2D eigenvalue weighted by Crippen LogP contribution is 2.40. The Morgan fingerprint density at radius 3 is 2.00 bits per heavy atom. The van der Waals surface area contributed by atoms with E-state index in [4.69, 9.17) is 5.73 Å². The lowest BCUT2D eigenvalue weighted by molar-refractivity contribution is -0.0211. The summed E-state index contributed by atoms with van der Waals surface area (Å²) in [6.45, 7) is 10.5. The number of nitrogens with two attached hydrogens (primary N) is 1. The molecular formula is C15H30N2O. The summed E-state index contributed by atoms with van der Waals surface area (Å²) in [4.78, 5) is 2.42. The minimum atomic E-state index is -0.616. The van der Waals surface area contributed by atoms with E-state index < -0.39 is 5.60 Å². The highest BCUT2D eigenvalue weighted by Gasteiger charge is 2.44. The lowest BCUT2D eigenvalue weighted by Crippen LogP contribution is -2.52. The van der Waals surface area contributed by atoms with Crippen molar-refractivity contribution in [3.8, 4) is 0 Å². The summed E-state index contributed by atoms with van der Waals surface area (Å²) in [5, 5.41) is 10.6. The number of hydrogen-bond acceptors (Lipinski definition) is 3. The third kappa shape index (κ3) is 3.25. The molecule has 3 nitrogen and oxygen atoms in total. The summed E-state index contributed by atoms with van der Waals surface area (Å²) in [6, 6.07) is 0. The van der Waals surface area contributed by atoms with Gasteiger partial charge in [-0.15, -0.1) is 0 Å². The highest BCUT2D eigenvalue weighted by atomic mass is 16.3. The summed E-state index contributed by atoms with van der Waals surface area (Å²) in [5.74, 6) is 1.28. The Hall–Kier alpha value is -0.120. The molecule has 2 fully saturated rings. The molecule has 0 aromatic heterocycles. The van der Waals surface area contributed by atoms with Gasteiger partial charge in [0.15, 0.2) is 0 Å². The first-order valence-electron chi connectivity index (χ1n) is 7.50. The number of rotatable bonds is 4. The van der Waals surface area contributed by atoms with Crippen LogP contribution in [0.15, 0.2) is 0 Å². The second kappa shape index (κ2) is 5.10. The zero-order chi connectivity index (χ0) is 13.4. The second-order valence-corrected chi connectivity index (χ2v) is 7.50. The van der Waals surface area contributed by atoms with E-state index in [0.717, 1.165) is 38.4 Å². The lowest BCUT2D eigenvalue weighted by atomic mass is 9.75. The fraction of sp³-hybridized carbons (Fsp3) is 1.00. The predicted octanol–water partition coefficient (Wildman–Crippen LogP) is 1.84. The first kappa shape index (κ1) is 14.3. The molecule has 1 aliphatic carbocycles. The molecule has 3 N–H and O–H groups in total. The molecular weight excluding hydrogens is 224 g/mol. The van der Waals surface area contributed by atoms with Crippen molar-refractivity contribution in [2.24, 2.45) is 23.0 Å². The minimum Gasteiger partial charge on any atom is -0.387 e. The van der Waals surface area contributed by atoms with Crippen molar-refractivity contribution in [2.45, 2.75) is 52.1 Å². The lowest BCUT2D eigenvalue weighted by Gasteiger charge is -2.41. The van der Waals surface area contributed by atoms with E-state index in [1.807, 2.05) is 0 Å². The van der Waals surface area contributed by atoms with Crippen molar-refractivity contribution in [2.75, 3.05) is 26.2 Å². The Labute approximate surface area is 112 Å². The highest BCUT2D eigenvalue weighted by molar-refractivity contribution is 4.98. The molecule has 1 atom stereocenters. The van der Waals surface area contributed by atoms with Crippen LogP contribution in [0.2, 0.25) is 0 Å². The van der Waals surface area contributed by atoms with Gasteiger partial charge in [-0.05, 0) is 56.0 Å². The zero-order valence-electron chi connectivity index (χ0n) is 12.3. The Balaban J connectivity index is 1.83. The first-order chi connectivity index (χ1) is 8.35. The molecule has 3 heteroatoms. The van der Waals surface area contributed by atoms with E-state index in [-0.39, 0.29) is 0 Å². The average Bonchev–Trinajstić information content (AvgIpc) is 3.12. The summed E-state index contributed by atoms with van der Waals surface area (Å²) >= 11 is 0. The minimum absolute atomic E-state index is 0.414. The van der Waals surface area contributed by atoms with Crippen LogP contribution in [0.4, 0.5) is 0 Å². The quantitative estimate of drug-likeness (QED) is 0.805. The fourth-order valence-corrected chi connectivity index (χ4v) is 3.33. The van der Waals surface area contributed by atoms with E-state index >= 15 is 0 Å². The van der Waals surface area contributed by atoms with E-state index in [9.17, 15) is 5.11 Å². The second-order valence-electron chi connectivity index (χ2n) is 7.50. The van der Waals surface area contributed by atoms with Gasteiger partial charge >= 0.3 is 0 Å². The number of β-amino-alcohol motifs (C(OH)–C–C–N with tert-alkyl or cyclic N) is 1. The van der Waals surface area contributed by atoms with Gasteiger partial charge in [-0.3, -0.25) is 0 Å². The van der Waals surface area contributed by atoms with Gasteiger partial charge in [0.05, 0.1) is 5.60 Å². The van der Waals surface area contributed by atoms with Crippen LogP contribution in [0.1, 0.15) is 46.5 Å². The molecule has 2 rings (SSSR count). The van der Waals surface area contributed by atoms with Crippen molar-refractivity contribution in [3.63, 3.8) is 0 Å². The number of nitrogens with zero attached hydrogens (tertiary/aromatic N) is 1. The molecule has 0 bridgehead atoms. The Kier molecular flexibility index (Phi) is 4.05. The number of aliphatic hydroxyl groups is 1. The van der Waals surface area contributed by atoms with Crippen molar-refractivity contribution in [3.05, 3.63) is 0 Å². The van der Waals surface area contributed by atoms with Gasteiger partial charge in [-0.25, -0.2) is 0 Å². The van der Waals surface area contributed by atoms with E-state index in [0.29, 0.717) is 17.9 Å². The smallest absolute Gasteiger partial charge is 0.0923 e. The van der Waals surface area contributed by atoms with Crippen molar-refractivity contribution < 1.29 is 5.11 Å². The molecule has 1 heterocycles. The summed E-state index contributed by atoms with van der Waals surface area (Å²) < 4.78 is 0. The molecule has 0 spiro atoms. The van der Waals surface area contributed by atoms with Gasteiger partial charge in [0.1, 0.15) is 0 Å². The van der Waals surface area contributed by atoms with Crippen LogP contribution < -0.4 is 5.73 Å². The third-order valence-corrected chi connectivity index (χ3v) is 5.00. The maximum absolute atomic E-state index is 10.6. The predicted molar refractivity (Wildman–Crippen MR) is 75.3 cm³/mol. The number of likely N-dealkylation sites (tertiary alicyclic amines) is 1. The molecule has 1 saturated heterocycles. The molecule has 0 amide bonds. The van der Waals surface area contributed by atoms with Crippen molar-refractivity contribution >= 4 is 0 Å². The van der Waals surface area contributed by atoms with Gasteiger partial charge in [-0.2, -0.15) is 0 Å². The van der Waals surface area contributed by atoms with E-state index in [1.54, 1.807) is 0 Å². The maximum atomic E-state index is 10.6. The largest absolute Gasteiger partial charge is 0.387 e. The van der Waals surface area contributed by atoms with Crippen LogP contribution in [0.25, 0.3) is 0 Å². The molecule has 0 aromatic rings. The van der Waals surface area contributed by atoms with Gasteiger partial charge in [0.2, 0.25) is 0 Å². The average molecular weight is 254 g/mol. The Morgan fingerprint density at radius 2 is 1.61 bits per heavy atom. The first-order valence-corrected chi connectivity index (χ1v) is 7.50.